The van der Waals surface area contributed by atoms with Gasteiger partial charge >= 0.3 is 5.97 Å². The fraction of sp³-hybridized carbons (Fsp3) is 0.929. The van der Waals surface area contributed by atoms with E-state index >= 15 is 0 Å². The highest BCUT2D eigenvalue weighted by Crippen LogP contribution is 2.36. The first-order valence-corrected chi connectivity index (χ1v) is 6.81. The first-order chi connectivity index (χ1) is 8.03. The van der Waals surface area contributed by atoms with E-state index in [1.165, 1.54) is 12.8 Å². The predicted molar refractivity (Wildman–Crippen MR) is 67.9 cm³/mol. The van der Waals surface area contributed by atoms with E-state index in [2.05, 4.69) is 20.8 Å². The highest BCUT2D eigenvalue weighted by Gasteiger charge is 2.27. The smallest absolute Gasteiger partial charge is 0.332 e. The molecule has 100 valence electrons. The van der Waals surface area contributed by atoms with Gasteiger partial charge in [0, 0.05) is 0 Å². The molecule has 1 aliphatic rings. The van der Waals surface area contributed by atoms with Crippen LogP contribution < -0.4 is 0 Å². The number of carbonyl (C=O) groups is 1. The summed E-state index contributed by atoms with van der Waals surface area (Å²) in [5.74, 6) is -0.219. The van der Waals surface area contributed by atoms with Gasteiger partial charge in [-0.3, -0.25) is 0 Å². The molecule has 17 heavy (non-hydrogen) atoms. The molecule has 0 aromatic rings. The third kappa shape index (κ3) is 6.06. The van der Waals surface area contributed by atoms with Crippen LogP contribution in [0.5, 0.6) is 0 Å². The zero-order chi connectivity index (χ0) is 12.7. The fourth-order valence-electron chi connectivity index (χ4n) is 2.10. The highest BCUT2D eigenvalue weighted by molar-refractivity contribution is 5.70. The van der Waals surface area contributed by atoms with E-state index in [4.69, 9.17) is 9.47 Å². The highest BCUT2D eigenvalue weighted by atomic mass is 16.6. The van der Waals surface area contributed by atoms with Crippen LogP contribution in [0.2, 0.25) is 0 Å². The molecule has 3 nitrogen and oxygen atoms in total. The summed E-state index contributed by atoms with van der Waals surface area (Å²) in [4.78, 5) is 11.3. The zero-order valence-corrected chi connectivity index (χ0v) is 11.5. The Bertz CT molecular complexity index is 226. The van der Waals surface area contributed by atoms with Crippen molar-refractivity contribution in [3.8, 4) is 0 Å². The summed E-state index contributed by atoms with van der Waals surface area (Å²) in [7, 11) is 0. The van der Waals surface area contributed by atoms with Crippen LogP contribution in [0, 0.1) is 5.41 Å². The fourth-order valence-corrected chi connectivity index (χ4v) is 2.10. The average molecular weight is 242 g/mol. The van der Waals surface area contributed by atoms with Gasteiger partial charge in [-0.25, -0.2) is 4.79 Å². The molecule has 0 saturated heterocycles. The van der Waals surface area contributed by atoms with Gasteiger partial charge in [0.15, 0.2) is 0 Å². The second-order valence-corrected chi connectivity index (χ2v) is 5.75. The summed E-state index contributed by atoms with van der Waals surface area (Å²) in [5, 5.41) is 0. The summed E-state index contributed by atoms with van der Waals surface area (Å²) >= 11 is 0. The van der Waals surface area contributed by atoms with E-state index in [1.807, 2.05) is 0 Å². The number of ether oxygens (including phenoxy) is 2. The van der Waals surface area contributed by atoms with E-state index in [-0.39, 0.29) is 18.7 Å². The topological polar surface area (TPSA) is 35.5 Å². The normalized spacial score (nSPS) is 20.2. The van der Waals surface area contributed by atoms with Crippen molar-refractivity contribution in [2.24, 2.45) is 5.41 Å². The number of unbranched alkanes of at least 4 members (excludes halogenated alkanes) is 1. The van der Waals surface area contributed by atoms with Gasteiger partial charge in [0.25, 0.3) is 0 Å². The van der Waals surface area contributed by atoms with E-state index < -0.39 is 0 Å². The lowest BCUT2D eigenvalue weighted by Gasteiger charge is -2.33. The molecule has 0 bridgehead atoms. The number of hydrogen-bond donors (Lipinski definition) is 0. The molecule has 1 aliphatic carbocycles. The Hall–Kier alpha value is -0.570. The molecule has 0 aromatic carbocycles. The van der Waals surface area contributed by atoms with E-state index in [0.717, 1.165) is 25.7 Å². The number of hydrogen-bond acceptors (Lipinski definition) is 3. The van der Waals surface area contributed by atoms with Crippen LogP contribution in [0.3, 0.4) is 0 Å². The van der Waals surface area contributed by atoms with Crippen molar-refractivity contribution in [2.45, 2.75) is 65.4 Å². The quantitative estimate of drug-likeness (QED) is 0.529. The number of carbonyl (C=O) groups excluding carboxylic acids is 1. The molecule has 0 heterocycles. The maximum Gasteiger partial charge on any atom is 0.332 e. The molecular weight excluding hydrogens is 216 g/mol. The lowest BCUT2D eigenvalue weighted by molar-refractivity contribution is -0.152. The molecule has 0 atom stereocenters. The first-order valence-electron chi connectivity index (χ1n) is 6.81. The van der Waals surface area contributed by atoms with Crippen LogP contribution in [0.1, 0.15) is 59.3 Å². The van der Waals surface area contributed by atoms with Gasteiger partial charge in [-0.05, 0) is 37.5 Å². The molecule has 1 fully saturated rings. The Morgan fingerprint density at radius 3 is 2.53 bits per heavy atom. The molecule has 3 heteroatoms. The summed E-state index contributed by atoms with van der Waals surface area (Å²) in [6.07, 6.45) is 6.73. The lowest BCUT2D eigenvalue weighted by Crippen LogP contribution is -2.28. The van der Waals surface area contributed by atoms with Gasteiger partial charge in [-0.2, -0.15) is 0 Å². The second-order valence-electron chi connectivity index (χ2n) is 5.75. The minimum atomic E-state index is -0.219. The average Bonchev–Trinajstić information content (AvgIpc) is 2.28. The minimum absolute atomic E-state index is 0.120. The van der Waals surface area contributed by atoms with Crippen LogP contribution in [0.4, 0.5) is 0 Å². The van der Waals surface area contributed by atoms with Crippen LogP contribution in [0.15, 0.2) is 0 Å². The maximum absolute atomic E-state index is 11.3. The van der Waals surface area contributed by atoms with Crippen molar-refractivity contribution in [1.82, 2.24) is 0 Å². The van der Waals surface area contributed by atoms with Crippen molar-refractivity contribution in [1.29, 1.82) is 0 Å². The van der Waals surface area contributed by atoms with Crippen molar-refractivity contribution in [2.75, 3.05) is 13.2 Å². The standard InChI is InChI=1S/C14H26O3/c1-4-5-10-16-13(15)11-17-12-6-8-14(2,3)9-7-12/h12H,4-11H2,1-3H3. The van der Waals surface area contributed by atoms with Crippen LogP contribution in [-0.4, -0.2) is 25.3 Å². The number of rotatable bonds is 6. The van der Waals surface area contributed by atoms with Gasteiger partial charge in [-0.15, -0.1) is 0 Å². The molecular formula is C14H26O3. The van der Waals surface area contributed by atoms with Crippen molar-refractivity contribution in [3.05, 3.63) is 0 Å². The van der Waals surface area contributed by atoms with Gasteiger partial charge in [0.05, 0.1) is 12.7 Å². The van der Waals surface area contributed by atoms with E-state index in [9.17, 15) is 4.79 Å². The minimum Gasteiger partial charge on any atom is -0.464 e. The van der Waals surface area contributed by atoms with Crippen LogP contribution >= 0.6 is 0 Å². The largest absolute Gasteiger partial charge is 0.464 e. The maximum atomic E-state index is 11.3. The van der Waals surface area contributed by atoms with Gasteiger partial charge in [0.1, 0.15) is 6.61 Å². The Morgan fingerprint density at radius 1 is 1.29 bits per heavy atom. The molecule has 0 amide bonds. The SMILES string of the molecule is CCCCOC(=O)COC1CCC(C)(C)CC1. The Balaban J connectivity index is 2.09. The van der Waals surface area contributed by atoms with Crippen LogP contribution in [0.25, 0.3) is 0 Å². The van der Waals surface area contributed by atoms with Gasteiger partial charge in [-0.1, -0.05) is 27.2 Å². The summed E-state index contributed by atoms with van der Waals surface area (Å²) in [6, 6.07) is 0. The molecule has 0 spiro atoms. The third-order valence-electron chi connectivity index (χ3n) is 3.48. The van der Waals surface area contributed by atoms with Crippen molar-refractivity contribution < 1.29 is 14.3 Å². The molecule has 0 unspecified atom stereocenters. The van der Waals surface area contributed by atoms with Crippen LogP contribution in [-0.2, 0) is 14.3 Å². The third-order valence-corrected chi connectivity index (χ3v) is 3.48. The second kappa shape index (κ2) is 7.00. The first kappa shape index (κ1) is 14.5. The van der Waals surface area contributed by atoms with Gasteiger partial charge < -0.3 is 9.47 Å². The molecule has 1 rings (SSSR count). The Kier molecular flexibility index (Phi) is 5.96. The molecule has 0 aromatic heterocycles. The summed E-state index contributed by atoms with van der Waals surface area (Å²) in [5.41, 5.74) is 0.446. The lowest BCUT2D eigenvalue weighted by atomic mass is 9.76. The summed E-state index contributed by atoms with van der Waals surface area (Å²) < 4.78 is 10.6. The van der Waals surface area contributed by atoms with E-state index in [0.29, 0.717) is 12.0 Å². The number of esters is 1. The molecule has 1 saturated carbocycles. The zero-order valence-electron chi connectivity index (χ0n) is 11.5. The predicted octanol–water partition coefficient (Wildman–Crippen LogP) is 3.32. The summed E-state index contributed by atoms with van der Waals surface area (Å²) in [6.45, 7) is 7.31. The van der Waals surface area contributed by atoms with Gasteiger partial charge in [0.2, 0.25) is 0 Å². The molecule has 0 radical (unpaired) electrons. The monoisotopic (exact) mass is 242 g/mol. The van der Waals surface area contributed by atoms with Crippen molar-refractivity contribution >= 4 is 5.97 Å². The van der Waals surface area contributed by atoms with E-state index in [1.54, 1.807) is 0 Å². The Morgan fingerprint density at radius 2 is 1.94 bits per heavy atom. The molecule has 0 aliphatic heterocycles. The molecule has 0 N–H and O–H groups in total. The van der Waals surface area contributed by atoms with Crippen molar-refractivity contribution in [3.63, 3.8) is 0 Å². The Labute approximate surface area is 105 Å².